The van der Waals surface area contributed by atoms with Gasteiger partial charge < -0.3 is 4.23 Å². The number of rotatable bonds is 5. The van der Waals surface area contributed by atoms with Crippen LogP contribution in [-0.4, -0.2) is 16.5 Å². The van der Waals surface area contributed by atoms with Gasteiger partial charge in [-0.05, 0) is 64.6 Å². The first-order chi connectivity index (χ1) is 12.3. The van der Waals surface area contributed by atoms with E-state index in [0.29, 0.717) is 0 Å². The summed E-state index contributed by atoms with van der Waals surface area (Å²) in [5.41, 5.74) is 1.31. The van der Waals surface area contributed by atoms with Crippen molar-refractivity contribution in [3.63, 3.8) is 0 Å². The zero-order valence-corrected chi connectivity index (χ0v) is 19.5. The number of anilines is 1. The van der Waals surface area contributed by atoms with Crippen molar-refractivity contribution in [2.75, 3.05) is 4.23 Å². The van der Waals surface area contributed by atoms with Crippen molar-refractivity contribution in [2.45, 2.75) is 26.2 Å². The maximum Gasteiger partial charge on any atom is 0.174 e. The van der Waals surface area contributed by atoms with E-state index in [1.807, 2.05) is 0 Å². The van der Waals surface area contributed by atoms with Crippen LogP contribution in [-0.2, 0) is 0 Å². The van der Waals surface area contributed by atoms with Gasteiger partial charge in [0.05, 0.1) is 0 Å². The normalized spacial score (nSPS) is 12.0. The predicted octanol–water partition coefficient (Wildman–Crippen LogP) is 5.48. The molecule has 0 spiro atoms. The number of benzene rings is 3. The Morgan fingerprint density at radius 3 is 1.38 bits per heavy atom. The van der Waals surface area contributed by atoms with Gasteiger partial charge in [0.1, 0.15) is 0 Å². The molecule has 0 radical (unpaired) electrons. The molecular formula is C22H26BrNSi2. The minimum Gasteiger partial charge on any atom is -0.417 e. The van der Waals surface area contributed by atoms with Gasteiger partial charge in [-0.1, -0.05) is 72.8 Å². The summed E-state index contributed by atoms with van der Waals surface area (Å²) in [7, 11) is -3.87. The molecule has 0 amide bonds. The van der Waals surface area contributed by atoms with Crippen molar-refractivity contribution >= 4 is 48.5 Å². The maximum absolute atomic E-state index is 3.83. The summed E-state index contributed by atoms with van der Waals surface area (Å²) in [6, 6.07) is 30.7. The molecule has 0 fully saturated rings. The zero-order chi connectivity index (χ0) is 18.8. The van der Waals surface area contributed by atoms with E-state index >= 15 is 0 Å². The van der Waals surface area contributed by atoms with E-state index in [9.17, 15) is 0 Å². The second kappa shape index (κ2) is 7.55. The fourth-order valence-electron chi connectivity index (χ4n) is 3.88. The fourth-order valence-corrected chi connectivity index (χ4v) is 15.2. The summed E-state index contributed by atoms with van der Waals surface area (Å²) in [6.07, 6.45) is 0. The number of hydrogen-bond acceptors (Lipinski definition) is 1. The first kappa shape index (κ1) is 19.1. The summed E-state index contributed by atoms with van der Waals surface area (Å²) in [5, 5.41) is 2.93. The van der Waals surface area contributed by atoms with Crippen molar-refractivity contribution in [1.29, 1.82) is 0 Å². The number of halogens is 1. The molecule has 3 rings (SSSR count). The molecule has 0 heterocycles. The Bertz CT molecular complexity index is 812. The van der Waals surface area contributed by atoms with Crippen molar-refractivity contribution in [1.82, 2.24) is 0 Å². The van der Waals surface area contributed by atoms with Crippen molar-refractivity contribution in [2.24, 2.45) is 0 Å². The Hall–Kier alpha value is -1.63. The van der Waals surface area contributed by atoms with Gasteiger partial charge in [0.2, 0.25) is 0 Å². The molecule has 0 atom stereocenters. The Morgan fingerprint density at radius 1 is 0.577 bits per heavy atom. The average Bonchev–Trinajstić information content (AvgIpc) is 2.65. The molecule has 0 unspecified atom stereocenters. The third kappa shape index (κ3) is 3.59. The molecule has 3 aromatic carbocycles. The minimum absolute atomic E-state index is 1.17. The van der Waals surface area contributed by atoms with E-state index in [4.69, 9.17) is 0 Å². The highest BCUT2D eigenvalue weighted by Gasteiger charge is 2.43. The molecule has 0 N–H and O–H groups in total. The molecule has 0 saturated heterocycles. The van der Waals surface area contributed by atoms with Crippen LogP contribution in [0.5, 0.6) is 0 Å². The molecule has 4 heteroatoms. The van der Waals surface area contributed by atoms with E-state index < -0.39 is 16.5 Å². The van der Waals surface area contributed by atoms with Crippen LogP contribution < -0.4 is 14.6 Å². The lowest BCUT2D eigenvalue weighted by Crippen LogP contribution is -2.72. The van der Waals surface area contributed by atoms with Crippen LogP contribution >= 0.6 is 15.9 Å². The van der Waals surface area contributed by atoms with Crippen LogP contribution in [0.1, 0.15) is 0 Å². The molecule has 0 aromatic heterocycles. The number of para-hydroxylation sites is 1. The molecule has 3 aromatic rings. The lowest BCUT2D eigenvalue weighted by atomic mass is 10.3. The van der Waals surface area contributed by atoms with Crippen LogP contribution in [0.3, 0.4) is 0 Å². The van der Waals surface area contributed by atoms with Gasteiger partial charge in [-0.15, -0.1) is 0 Å². The quantitative estimate of drug-likeness (QED) is 0.475. The molecule has 26 heavy (non-hydrogen) atoms. The molecular weight excluding hydrogens is 414 g/mol. The van der Waals surface area contributed by atoms with Gasteiger partial charge in [0, 0.05) is 10.2 Å². The predicted molar refractivity (Wildman–Crippen MR) is 124 cm³/mol. The average molecular weight is 441 g/mol. The highest BCUT2D eigenvalue weighted by atomic mass is 79.9. The SMILES string of the molecule is C[Si](C)(c1ccccc1)N(c1ccccc1Br)[Si](C)(C)c1ccccc1. The Labute approximate surface area is 168 Å². The largest absolute Gasteiger partial charge is 0.417 e. The minimum atomic E-state index is -1.93. The van der Waals surface area contributed by atoms with Crippen LogP contribution in [0.2, 0.25) is 26.2 Å². The summed E-state index contributed by atoms with van der Waals surface area (Å²) in [4.78, 5) is 0. The van der Waals surface area contributed by atoms with E-state index in [1.54, 1.807) is 0 Å². The Morgan fingerprint density at radius 2 is 0.962 bits per heavy atom. The summed E-state index contributed by atoms with van der Waals surface area (Å²) in [5.74, 6) is 0. The third-order valence-corrected chi connectivity index (χ3v) is 15.4. The lowest BCUT2D eigenvalue weighted by molar-refractivity contribution is 1.37. The van der Waals surface area contributed by atoms with Gasteiger partial charge in [0.15, 0.2) is 16.5 Å². The fraction of sp³-hybridized carbons (Fsp3) is 0.182. The molecule has 1 nitrogen and oxygen atoms in total. The van der Waals surface area contributed by atoms with Crippen molar-refractivity contribution in [3.8, 4) is 0 Å². The molecule has 0 aliphatic carbocycles. The Balaban J connectivity index is 2.23. The smallest absolute Gasteiger partial charge is 0.174 e. The standard InChI is InChI=1S/C22H26BrNSi2/c1-25(2,19-13-7-5-8-14-19)24(22-18-12-11-17-21(22)23)26(3,4)20-15-9-6-10-16-20/h5-18H,1-4H3. The second-order valence-corrected chi connectivity index (χ2v) is 17.2. The first-order valence-electron chi connectivity index (χ1n) is 9.01. The first-order valence-corrected chi connectivity index (χ1v) is 15.7. The van der Waals surface area contributed by atoms with Crippen LogP contribution in [0.4, 0.5) is 5.69 Å². The lowest BCUT2D eigenvalue weighted by Gasteiger charge is -2.49. The van der Waals surface area contributed by atoms with Gasteiger partial charge in [-0.25, -0.2) is 0 Å². The van der Waals surface area contributed by atoms with Gasteiger partial charge in [0.25, 0.3) is 0 Å². The van der Waals surface area contributed by atoms with Crippen molar-refractivity contribution in [3.05, 3.63) is 89.4 Å². The van der Waals surface area contributed by atoms with E-state index in [2.05, 4.69) is 131 Å². The van der Waals surface area contributed by atoms with E-state index in [0.717, 1.165) is 0 Å². The highest BCUT2D eigenvalue weighted by molar-refractivity contribution is 9.10. The van der Waals surface area contributed by atoms with Crippen LogP contribution in [0, 0.1) is 0 Å². The second-order valence-electron chi connectivity index (χ2n) is 7.64. The topological polar surface area (TPSA) is 3.24 Å². The molecule has 0 saturated carbocycles. The Kier molecular flexibility index (Phi) is 5.56. The van der Waals surface area contributed by atoms with Crippen LogP contribution in [0.25, 0.3) is 0 Å². The summed E-state index contributed by atoms with van der Waals surface area (Å²) < 4.78 is 3.97. The van der Waals surface area contributed by atoms with E-state index in [1.165, 1.54) is 20.5 Å². The molecule has 0 bridgehead atoms. The monoisotopic (exact) mass is 439 g/mol. The van der Waals surface area contributed by atoms with Gasteiger partial charge in [-0.3, -0.25) is 0 Å². The van der Waals surface area contributed by atoms with Gasteiger partial charge in [-0.2, -0.15) is 0 Å². The summed E-state index contributed by atoms with van der Waals surface area (Å²) >= 11 is 3.83. The molecule has 0 aliphatic rings. The van der Waals surface area contributed by atoms with Crippen LogP contribution in [0.15, 0.2) is 89.4 Å². The molecule has 0 aliphatic heterocycles. The summed E-state index contributed by atoms with van der Waals surface area (Å²) in [6.45, 7) is 9.89. The highest BCUT2D eigenvalue weighted by Crippen LogP contribution is 2.34. The van der Waals surface area contributed by atoms with Crippen molar-refractivity contribution < 1.29 is 0 Å². The molecule has 134 valence electrons. The van der Waals surface area contributed by atoms with Gasteiger partial charge >= 0.3 is 0 Å². The third-order valence-electron chi connectivity index (χ3n) is 5.17. The van der Waals surface area contributed by atoms with E-state index in [-0.39, 0.29) is 0 Å². The maximum atomic E-state index is 3.83. The number of hydrogen-bond donors (Lipinski definition) is 0. The zero-order valence-electron chi connectivity index (χ0n) is 15.9. The number of nitrogens with zero attached hydrogens (tertiary/aromatic N) is 1.